The second-order valence-corrected chi connectivity index (χ2v) is 10.3. The molecule has 0 fully saturated rings. The van der Waals surface area contributed by atoms with Gasteiger partial charge in [-0.1, -0.05) is 44.4 Å². The van der Waals surface area contributed by atoms with E-state index in [9.17, 15) is 30.0 Å². The fraction of sp³-hybridized carbons (Fsp3) is 0.533. The predicted molar refractivity (Wildman–Crippen MR) is 149 cm³/mol. The third kappa shape index (κ3) is 9.09. The van der Waals surface area contributed by atoms with Gasteiger partial charge in [-0.25, -0.2) is 0 Å². The Hall–Kier alpha value is -2.86. The van der Waals surface area contributed by atoms with E-state index in [1.165, 1.54) is 0 Å². The fourth-order valence-corrected chi connectivity index (χ4v) is 4.69. The third-order valence-electron chi connectivity index (χ3n) is 7.20. The number of imide groups is 1. The van der Waals surface area contributed by atoms with E-state index in [1.807, 2.05) is 35.2 Å². The zero-order valence-electron chi connectivity index (χ0n) is 23.0. The number of rotatable bonds is 18. The number of carbonyl (C=O) groups is 2. The summed E-state index contributed by atoms with van der Waals surface area (Å²) in [4.78, 5) is 25.6. The Morgan fingerprint density at radius 1 is 0.800 bits per heavy atom. The quantitative estimate of drug-likeness (QED) is 0.116. The highest BCUT2D eigenvalue weighted by Gasteiger charge is 2.31. The summed E-state index contributed by atoms with van der Waals surface area (Å²) >= 11 is 0. The molecule has 0 bridgehead atoms. The molecular formula is C30H42N2O8. The zero-order valence-corrected chi connectivity index (χ0v) is 23.0. The number of hydrogen-bond acceptors (Lipinski definition) is 9. The molecule has 0 saturated carbocycles. The number of hydrogen-bond donors (Lipinski definition) is 6. The molecule has 6 N–H and O–H groups in total. The largest absolute Gasteiger partial charge is 0.493 e. The lowest BCUT2D eigenvalue weighted by molar-refractivity contribution is -0.119. The summed E-state index contributed by atoms with van der Waals surface area (Å²) in [7, 11) is 0. The number of aliphatic hydroxyl groups is 5. The predicted octanol–water partition coefficient (Wildman–Crippen LogP) is 1.05. The number of amides is 2. The van der Waals surface area contributed by atoms with Crippen LogP contribution in [0.1, 0.15) is 64.4 Å². The minimum absolute atomic E-state index is 0.127. The standard InChI is InChI=1S/C30H42N2O8/c1-2-3-4-5-14-32(18-25(34)27(36)28(37)26(35)19-33)15-12-20-6-9-22(10-7-20)40-16-13-21-8-11-23-24(17-21)30(39)31-29(23)38/h6-11,17,25-28,33-37H,2-5,12-16,18-19H2,1H3,(H,31,38,39)/t25-,26+,27+,28+/m0/s1. The van der Waals surface area contributed by atoms with E-state index in [0.29, 0.717) is 42.9 Å². The molecule has 0 aromatic heterocycles. The van der Waals surface area contributed by atoms with Crippen molar-refractivity contribution in [2.75, 3.05) is 32.8 Å². The lowest BCUT2D eigenvalue weighted by Gasteiger charge is -2.30. The van der Waals surface area contributed by atoms with Crippen LogP contribution in [-0.2, 0) is 12.8 Å². The van der Waals surface area contributed by atoms with Crippen molar-refractivity contribution in [3.63, 3.8) is 0 Å². The summed E-state index contributed by atoms with van der Waals surface area (Å²) in [6, 6.07) is 12.9. The summed E-state index contributed by atoms with van der Waals surface area (Å²) in [6.07, 6.45) is -0.514. The number of unbranched alkanes of at least 4 members (excludes halogenated alkanes) is 3. The number of nitrogens with zero attached hydrogens (tertiary/aromatic N) is 1. The molecule has 0 saturated heterocycles. The first-order valence-corrected chi connectivity index (χ1v) is 14.0. The maximum absolute atomic E-state index is 11.9. The van der Waals surface area contributed by atoms with Gasteiger partial charge in [-0.3, -0.25) is 14.9 Å². The van der Waals surface area contributed by atoms with E-state index in [0.717, 1.165) is 43.4 Å². The SMILES string of the molecule is CCCCCCN(CCc1ccc(OCCc2ccc3c(c2)C(=O)NC3=O)cc1)C[C@H](O)[C@@H](O)[C@H](O)[C@H](O)CO. The molecule has 4 atom stereocenters. The maximum atomic E-state index is 11.9. The molecule has 0 unspecified atom stereocenters. The van der Waals surface area contributed by atoms with Gasteiger partial charge >= 0.3 is 0 Å². The Morgan fingerprint density at radius 3 is 2.17 bits per heavy atom. The van der Waals surface area contributed by atoms with Crippen LogP contribution < -0.4 is 10.1 Å². The first-order valence-electron chi connectivity index (χ1n) is 14.0. The summed E-state index contributed by atoms with van der Waals surface area (Å²) in [5, 5.41) is 51.6. The molecule has 0 radical (unpaired) electrons. The van der Waals surface area contributed by atoms with Gasteiger partial charge in [-0.05, 0) is 54.8 Å². The van der Waals surface area contributed by atoms with Crippen molar-refractivity contribution in [2.24, 2.45) is 0 Å². The molecule has 2 aromatic carbocycles. The van der Waals surface area contributed by atoms with Crippen LogP contribution in [0.4, 0.5) is 0 Å². The van der Waals surface area contributed by atoms with Crippen molar-refractivity contribution in [3.8, 4) is 5.75 Å². The molecular weight excluding hydrogens is 516 g/mol. The maximum Gasteiger partial charge on any atom is 0.258 e. The highest BCUT2D eigenvalue weighted by Crippen LogP contribution is 2.19. The van der Waals surface area contributed by atoms with Crippen molar-refractivity contribution in [3.05, 3.63) is 64.7 Å². The van der Waals surface area contributed by atoms with Gasteiger partial charge in [0.05, 0.1) is 30.4 Å². The van der Waals surface area contributed by atoms with E-state index >= 15 is 0 Å². The monoisotopic (exact) mass is 558 g/mol. The molecule has 220 valence electrons. The lowest BCUT2D eigenvalue weighted by Crippen LogP contribution is -2.50. The fourth-order valence-electron chi connectivity index (χ4n) is 4.69. The average Bonchev–Trinajstić information content (AvgIpc) is 3.25. The number of aliphatic hydroxyl groups excluding tert-OH is 5. The summed E-state index contributed by atoms with van der Waals surface area (Å²) in [5.74, 6) is -0.0289. The summed E-state index contributed by atoms with van der Waals surface area (Å²) < 4.78 is 5.86. The first-order chi connectivity index (χ1) is 19.2. The first kappa shape index (κ1) is 31.7. The lowest BCUT2D eigenvalue weighted by atomic mass is 10.0. The Labute approximate surface area is 235 Å². The Kier molecular flexibility index (Phi) is 12.5. The molecule has 3 rings (SSSR count). The second kappa shape index (κ2) is 15.8. The normalized spacial score (nSPS) is 16.0. The van der Waals surface area contributed by atoms with Crippen LogP contribution >= 0.6 is 0 Å². The van der Waals surface area contributed by atoms with Crippen molar-refractivity contribution < 1.29 is 39.9 Å². The zero-order chi connectivity index (χ0) is 29.1. The number of benzene rings is 2. The van der Waals surface area contributed by atoms with E-state index in [-0.39, 0.29) is 18.4 Å². The number of ether oxygens (including phenoxy) is 1. The Balaban J connectivity index is 1.49. The van der Waals surface area contributed by atoms with Crippen LogP contribution in [-0.4, -0.2) is 99.5 Å². The Bertz CT molecular complexity index is 1090. The smallest absolute Gasteiger partial charge is 0.258 e. The van der Waals surface area contributed by atoms with Crippen LogP contribution in [0.3, 0.4) is 0 Å². The van der Waals surface area contributed by atoms with Gasteiger partial charge in [0.2, 0.25) is 0 Å². The molecule has 2 amide bonds. The van der Waals surface area contributed by atoms with Crippen molar-refractivity contribution in [1.29, 1.82) is 0 Å². The second-order valence-electron chi connectivity index (χ2n) is 10.3. The highest BCUT2D eigenvalue weighted by atomic mass is 16.5. The highest BCUT2D eigenvalue weighted by molar-refractivity contribution is 6.21. The summed E-state index contributed by atoms with van der Waals surface area (Å²) in [6.45, 7) is 3.32. The molecule has 10 heteroatoms. The number of nitrogens with one attached hydrogen (secondary N) is 1. The van der Waals surface area contributed by atoms with Gasteiger partial charge in [0.1, 0.15) is 24.1 Å². The van der Waals surface area contributed by atoms with Crippen LogP contribution in [0, 0.1) is 0 Å². The van der Waals surface area contributed by atoms with Crippen LogP contribution in [0.25, 0.3) is 0 Å². The molecule has 1 heterocycles. The van der Waals surface area contributed by atoms with Gasteiger partial charge < -0.3 is 35.2 Å². The van der Waals surface area contributed by atoms with Gasteiger partial charge in [0, 0.05) is 19.5 Å². The molecule has 2 aromatic rings. The molecule has 10 nitrogen and oxygen atoms in total. The third-order valence-corrected chi connectivity index (χ3v) is 7.20. The molecule has 0 spiro atoms. The number of fused-ring (bicyclic) bond motifs is 1. The molecule has 0 aliphatic carbocycles. The van der Waals surface area contributed by atoms with E-state index in [4.69, 9.17) is 9.84 Å². The summed E-state index contributed by atoms with van der Waals surface area (Å²) in [5.41, 5.74) is 2.77. The van der Waals surface area contributed by atoms with E-state index in [1.54, 1.807) is 12.1 Å². The molecule has 1 aliphatic heterocycles. The van der Waals surface area contributed by atoms with Gasteiger partial charge in [-0.15, -0.1) is 0 Å². The molecule has 1 aliphatic rings. The van der Waals surface area contributed by atoms with E-state index < -0.39 is 31.0 Å². The van der Waals surface area contributed by atoms with Crippen molar-refractivity contribution in [2.45, 2.75) is 69.9 Å². The van der Waals surface area contributed by atoms with Crippen molar-refractivity contribution in [1.82, 2.24) is 10.2 Å². The number of carbonyl (C=O) groups excluding carboxylic acids is 2. The van der Waals surface area contributed by atoms with Crippen LogP contribution in [0.2, 0.25) is 0 Å². The Morgan fingerprint density at radius 2 is 1.48 bits per heavy atom. The van der Waals surface area contributed by atoms with E-state index in [2.05, 4.69) is 12.2 Å². The van der Waals surface area contributed by atoms with Gasteiger partial charge in [-0.2, -0.15) is 0 Å². The topological polar surface area (TPSA) is 160 Å². The van der Waals surface area contributed by atoms with Gasteiger partial charge in [0.25, 0.3) is 11.8 Å². The average molecular weight is 559 g/mol. The minimum Gasteiger partial charge on any atom is -0.493 e. The van der Waals surface area contributed by atoms with Crippen molar-refractivity contribution >= 4 is 11.8 Å². The van der Waals surface area contributed by atoms with Crippen LogP contribution in [0.5, 0.6) is 5.75 Å². The van der Waals surface area contributed by atoms with Crippen LogP contribution in [0.15, 0.2) is 42.5 Å². The minimum atomic E-state index is -1.64. The molecule has 40 heavy (non-hydrogen) atoms. The van der Waals surface area contributed by atoms with Gasteiger partial charge in [0.15, 0.2) is 0 Å².